The molecule has 0 saturated carbocycles. The van der Waals surface area contributed by atoms with Gasteiger partial charge in [-0.2, -0.15) is 0 Å². The van der Waals surface area contributed by atoms with Gasteiger partial charge in [0.25, 0.3) is 0 Å². The molecular weight excluding hydrogens is 156 g/mol. The summed E-state index contributed by atoms with van der Waals surface area (Å²) in [6, 6.07) is -0.816. The van der Waals surface area contributed by atoms with Crippen molar-refractivity contribution in [2.45, 2.75) is 32.9 Å². The van der Waals surface area contributed by atoms with E-state index in [2.05, 4.69) is 5.32 Å². The molecule has 4 nitrogen and oxygen atoms in total. The monoisotopic (exact) mass is 174 g/mol. The quantitative estimate of drug-likeness (QED) is 0.536. The van der Waals surface area contributed by atoms with Gasteiger partial charge in [0.05, 0.1) is 6.10 Å². The Balaban J connectivity index is 3.72. The summed E-state index contributed by atoms with van der Waals surface area (Å²) in [6.07, 6.45) is -0.794. The molecule has 0 bridgehead atoms. The third-order valence-electron chi connectivity index (χ3n) is 1.51. The molecule has 0 spiro atoms. The number of carbonyl (C=O) groups excluding carboxylic acids is 1. The Morgan fingerprint density at radius 2 is 2.00 bits per heavy atom. The highest BCUT2D eigenvalue weighted by Gasteiger charge is 2.17. The Labute approximate surface area is 73.1 Å². The first-order valence-corrected chi connectivity index (χ1v) is 4.16. The second kappa shape index (κ2) is 5.11. The number of hydrogen-bond acceptors (Lipinski definition) is 3. The number of hydrogen-bond donors (Lipinski definition) is 3. The van der Waals surface area contributed by atoms with Gasteiger partial charge in [0.1, 0.15) is 6.04 Å². The lowest BCUT2D eigenvalue weighted by molar-refractivity contribution is -0.124. The molecule has 72 valence electrons. The van der Waals surface area contributed by atoms with Crippen molar-refractivity contribution in [2.75, 3.05) is 6.54 Å². The third-order valence-corrected chi connectivity index (χ3v) is 1.51. The number of nitrogens with one attached hydrogen (secondary N) is 1. The van der Waals surface area contributed by atoms with Crippen molar-refractivity contribution in [3.8, 4) is 0 Å². The van der Waals surface area contributed by atoms with Crippen molar-refractivity contribution in [3.05, 3.63) is 0 Å². The molecule has 0 saturated heterocycles. The van der Waals surface area contributed by atoms with Crippen LogP contribution >= 0.6 is 0 Å². The molecule has 0 aliphatic carbocycles. The summed E-state index contributed by atoms with van der Waals surface area (Å²) in [5.41, 5.74) is 5.38. The molecule has 0 fully saturated rings. The molecule has 0 unspecified atom stereocenters. The van der Waals surface area contributed by atoms with Crippen LogP contribution < -0.4 is 11.1 Å². The maximum Gasteiger partial charge on any atom is 0.239 e. The minimum Gasteiger partial charge on any atom is -0.391 e. The number of amides is 1. The first kappa shape index (κ1) is 11.4. The van der Waals surface area contributed by atoms with Crippen molar-refractivity contribution >= 4 is 5.91 Å². The molecule has 0 aromatic heterocycles. The molecule has 0 aromatic rings. The highest BCUT2D eigenvalue weighted by Crippen LogP contribution is 1.91. The predicted octanol–water partition coefficient (Wildman–Crippen LogP) is -0.533. The molecule has 0 aromatic carbocycles. The first-order valence-electron chi connectivity index (χ1n) is 4.16. The zero-order valence-electron chi connectivity index (χ0n) is 7.87. The van der Waals surface area contributed by atoms with Crippen molar-refractivity contribution in [3.63, 3.8) is 0 Å². The summed E-state index contributed by atoms with van der Waals surface area (Å²) in [5.74, 6) is 0.105. The van der Waals surface area contributed by atoms with Crippen LogP contribution in [0.5, 0.6) is 0 Å². The molecule has 0 aliphatic heterocycles. The predicted molar refractivity (Wildman–Crippen MR) is 47.5 cm³/mol. The Bertz CT molecular complexity index is 146. The molecule has 12 heavy (non-hydrogen) atoms. The molecule has 2 atom stereocenters. The van der Waals surface area contributed by atoms with E-state index in [0.717, 1.165) is 0 Å². The van der Waals surface area contributed by atoms with E-state index in [1.807, 2.05) is 13.8 Å². The van der Waals surface area contributed by atoms with Crippen molar-refractivity contribution in [2.24, 2.45) is 11.7 Å². The summed E-state index contributed by atoms with van der Waals surface area (Å²) in [6.45, 7) is 6.08. The standard InChI is InChI=1S/C8H18N2O2/c1-5(2)4-10-8(12)7(9)6(3)11/h5-7,11H,4,9H2,1-3H3,(H,10,12)/t6-,7+/m1/s1. The van der Waals surface area contributed by atoms with Crippen LogP contribution in [0.1, 0.15) is 20.8 Å². The fraction of sp³-hybridized carbons (Fsp3) is 0.875. The summed E-state index contributed by atoms with van der Waals surface area (Å²) < 4.78 is 0. The van der Waals surface area contributed by atoms with Crippen LogP contribution in [0.15, 0.2) is 0 Å². The van der Waals surface area contributed by atoms with Crippen LogP contribution in [-0.2, 0) is 4.79 Å². The van der Waals surface area contributed by atoms with Crippen molar-refractivity contribution in [1.82, 2.24) is 5.32 Å². The van der Waals surface area contributed by atoms with E-state index in [9.17, 15) is 4.79 Å². The first-order chi connectivity index (χ1) is 5.45. The summed E-state index contributed by atoms with van der Waals surface area (Å²) in [4.78, 5) is 11.1. The SMILES string of the molecule is CC(C)CNC(=O)[C@@H](N)[C@@H](C)O. The zero-order valence-corrected chi connectivity index (χ0v) is 7.87. The molecule has 0 heterocycles. The average molecular weight is 174 g/mol. The summed E-state index contributed by atoms with van der Waals surface area (Å²) >= 11 is 0. The van der Waals surface area contributed by atoms with Gasteiger partial charge in [-0.25, -0.2) is 0 Å². The van der Waals surface area contributed by atoms with Crippen LogP contribution in [0.2, 0.25) is 0 Å². The molecule has 1 amide bonds. The van der Waals surface area contributed by atoms with Crippen molar-refractivity contribution in [1.29, 1.82) is 0 Å². The van der Waals surface area contributed by atoms with E-state index in [-0.39, 0.29) is 5.91 Å². The summed E-state index contributed by atoms with van der Waals surface area (Å²) in [7, 11) is 0. The minimum atomic E-state index is -0.816. The lowest BCUT2D eigenvalue weighted by Crippen LogP contribution is -2.47. The molecule has 4 N–H and O–H groups in total. The lowest BCUT2D eigenvalue weighted by atomic mass is 10.1. The third kappa shape index (κ3) is 4.31. The van der Waals surface area contributed by atoms with E-state index in [1.54, 1.807) is 0 Å². The second-order valence-electron chi connectivity index (χ2n) is 3.41. The maximum atomic E-state index is 11.1. The van der Waals surface area contributed by atoms with Gasteiger partial charge < -0.3 is 16.2 Å². The van der Waals surface area contributed by atoms with E-state index < -0.39 is 12.1 Å². The zero-order chi connectivity index (χ0) is 9.72. The number of carbonyl (C=O) groups is 1. The number of nitrogens with two attached hydrogens (primary N) is 1. The van der Waals surface area contributed by atoms with Crippen LogP contribution in [0.3, 0.4) is 0 Å². The molecule has 0 rings (SSSR count). The van der Waals surface area contributed by atoms with Gasteiger partial charge in [-0.15, -0.1) is 0 Å². The van der Waals surface area contributed by atoms with Crippen LogP contribution in [0, 0.1) is 5.92 Å². The Kier molecular flexibility index (Phi) is 4.85. The Morgan fingerprint density at radius 1 is 1.50 bits per heavy atom. The molecular formula is C8H18N2O2. The Morgan fingerprint density at radius 3 is 2.33 bits per heavy atom. The van der Waals surface area contributed by atoms with E-state index >= 15 is 0 Å². The van der Waals surface area contributed by atoms with Crippen LogP contribution in [-0.4, -0.2) is 29.7 Å². The number of rotatable bonds is 4. The van der Waals surface area contributed by atoms with Gasteiger partial charge in [-0.3, -0.25) is 4.79 Å². The molecule has 0 aliphatic rings. The van der Waals surface area contributed by atoms with E-state index in [0.29, 0.717) is 12.5 Å². The number of aliphatic hydroxyl groups is 1. The fourth-order valence-corrected chi connectivity index (χ4v) is 0.642. The Hall–Kier alpha value is -0.610. The topological polar surface area (TPSA) is 75.4 Å². The largest absolute Gasteiger partial charge is 0.391 e. The highest BCUT2D eigenvalue weighted by molar-refractivity contribution is 5.81. The van der Waals surface area contributed by atoms with Gasteiger partial charge in [0, 0.05) is 6.54 Å². The average Bonchev–Trinajstić information content (AvgIpc) is 1.98. The van der Waals surface area contributed by atoms with Crippen LogP contribution in [0.4, 0.5) is 0 Å². The second-order valence-corrected chi connectivity index (χ2v) is 3.41. The molecule has 0 radical (unpaired) electrons. The van der Waals surface area contributed by atoms with E-state index in [1.165, 1.54) is 6.92 Å². The van der Waals surface area contributed by atoms with Gasteiger partial charge >= 0.3 is 0 Å². The normalized spacial score (nSPS) is 15.8. The van der Waals surface area contributed by atoms with Gasteiger partial charge in [0.15, 0.2) is 0 Å². The molecule has 4 heteroatoms. The smallest absolute Gasteiger partial charge is 0.239 e. The van der Waals surface area contributed by atoms with Crippen LogP contribution in [0.25, 0.3) is 0 Å². The maximum absolute atomic E-state index is 11.1. The van der Waals surface area contributed by atoms with Crippen molar-refractivity contribution < 1.29 is 9.90 Å². The van der Waals surface area contributed by atoms with E-state index in [4.69, 9.17) is 10.8 Å². The van der Waals surface area contributed by atoms with Gasteiger partial charge in [0.2, 0.25) is 5.91 Å². The van der Waals surface area contributed by atoms with Gasteiger partial charge in [-0.05, 0) is 12.8 Å². The highest BCUT2D eigenvalue weighted by atomic mass is 16.3. The fourth-order valence-electron chi connectivity index (χ4n) is 0.642. The van der Waals surface area contributed by atoms with Gasteiger partial charge in [-0.1, -0.05) is 13.8 Å². The number of aliphatic hydroxyl groups excluding tert-OH is 1. The summed E-state index contributed by atoms with van der Waals surface area (Å²) in [5, 5.41) is 11.6. The minimum absolute atomic E-state index is 0.293. The lowest BCUT2D eigenvalue weighted by Gasteiger charge is -2.15.